The highest BCUT2D eigenvalue weighted by molar-refractivity contribution is 5.23. The Labute approximate surface area is 122 Å². The normalized spacial score (nSPS) is 15.8. The van der Waals surface area contributed by atoms with Crippen molar-refractivity contribution in [1.82, 2.24) is 9.55 Å². The molecule has 21 heavy (non-hydrogen) atoms. The number of aromatic nitrogens is 2. The molecule has 1 aromatic heterocycles. The summed E-state index contributed by atoms with van der Waals surface area (Å²) in [7, 11) is 0. The standard InChI is InChI=1S/C16H19F2N3/c1-10-20-15-4-2-3-5-16(15)21(10)9-14(19)11-6-7-12(17)13(18)8-11/h6-8,14H,2-5,9,19H2,1H3. The number of hydrogen-bond donors (Lipinski definition) is 1. The summed E-state index contributed by atoms with van der Waals surface area (Å²) < 4.78 is 28.4. The minimum atomic E-state index is -0.854. The summed E-state index contributed by atoms with van der Waals surface area (Å²) in [5.41, 5.74) is 9.18. The molecule has 0 radical (unpaired) electrons. The van der Waals surface area contributed by atoms with Crippen LogP contribution >= 0.6 is 0 Å². The van der Waals surface area contributed by atoms with Gasteiger partial charge < -0.3 is 10.3 Å². The fourth-order valence-electron chi connectivity index (χ4n) is 3.02. The molecule has 0 amide bonds. The zero-order valence-corrected chi connectivity index (χ0v) is 12.1. The van der Waals surface area contributed by atoms with E-state index in [2.05, 4.69) is 9.55 Å². The number of rotatable bonds is 3. The van der Waals surface area contributed by atoms with Crippen LogP contribution in [0.2, 0.25) is 0 Å². The van der Waals surface area contributed by atoms with Gasteiger partial charge in [0.05, 0.1) is 5.69 Å². The van der Waals surface area contributed by atoms with Crippen molar-refractivity contribution in [2.45, 2.75) is 45.2 Å². The van der Waals surface area contributed by atoms with Gasteiger partial charge in [-0.05, 0) is 50.3 Å². The zero-order chi connectivity index (χ0) is 15.0. The molecule has 3 nitrogen and oxygen atoms in total. The molecule has 0 bridgehead atoms. The number of nitrogens with two attached hydrogens (primary N) is 1. The number of aryl methyl sites for hydroxylation is 2. The lowest BCUT2D eigenvalue weighted by Crippen LogP contribution is -2.21. The van der Waals surface area contributed by atoms with Crippen LogP contribution < -0.4 is 5.73 Å². The second-order valence-corrected chi connectivity index (χ2v) is 5.65. The average molecular weight is 291 g/mol. The van der Waals surface area contributed by atoms with Gasteiger partial charge in [0, 0.05) is 18.3 Å². The molecule has 0 aliphatic heterocycles. The van der Waals surface area contributed by atoms with Crippen LogP contribution in [-0.2, 0) is 19.4 Å². The van der Waals surface area contributed by atoms with Gasteiger partial charge in [0.2, 0.25) is 0 Å². The molecule has 2 N–H and O–H groups in total. The van der Waals surface area contributed by atoms with E-state index in [-0.39, 0.29) is 6.04 Å². The molecule has 1 aliphatic rings. The number of imidazole rings is 1. The quantitative estimate of drug-likeness (QED) is 0.944. The van der Waals surface area contributed by atoms with Crippen molar-refractivity contribution in [3.05, 3.63) is 52.6 Å². The van der Waals surface area contributed by atoms with Gasteiger partial charge in [0.15, 0.2) is 11.6 Å². The van der Waals surface area contributed by atoms with Gasteiger partial charge in [-0.1, -0.05) is 6.07 Å². The van der Waals surface area contributed by atoms with Crippen molar-refractivity contribution in [1.29, 1.82) is 0 Å². The van der Waals surface area contributed by atoms with Crippen molar-refractivity contribution in [2.24, 2.45) is 5.73 Å². The molecule has 0 saturated heterocycles. The molecule has 0 fully saturated rings. The lowest BCUT2D eigenvalue weighted by Gasteiger charge is -2.19. The monoisotopic (exact) mass is 291 g/mol. The second kappa shape index (κ2) is 5.56. The molecule has 1 heterocycles. The predicted octanol–water partition coefficient (Wildman–Crippen LogP) is 3.05. The molecule has 112 valence electrons. The van der Waals surface area contributed by atoms with Crippen molar-refractivity contribution >= 4 is 0 Å². The van der Waals surface area contributed by atoms with Crippen molar-refractivity contribution in [2.75, 3.05) is 0 Å². The van der Waals surface area contributed by atoms with Crippen LogP contribution in [0.1, 0.15) is 41.7 Å². The molecule has 3 rings (SSSR count). The Morgan fingerprint density at radius 2 is 2.00 bits per heavy atom. The average Bonchev–Trinajstić information content (AvgIpc) is 2.78. The molecule has 1 aromatic carbocycles. The zero-order valence-electron chi connectivity index (χ0n) is 12.1. The van der Waals surface area contributed by atoms with Gasteiger partial charge in [-0.25, -0.2) is 13.8 Å². The Hall–Kier alpha value is -1.75. The van der Waals surface area contributed by atoms with E-state index in [4.69, 9.17) is 5.73 Å². The summed E-state index contributed by atoms with van der Waals surface area (Å²) in [5.74, 6) is -0.755. The Bertz CT molecular complexity index is 664. The van der Waals surface area contributed by atoms with Gasteiger partial charge in [0.25, 0.3) is 0 Å². The molecule has 0 spiro atoms. The van der Waals surface area contributed by atoms with Crippen molar-refractivity contribution in [3.8, 4) is 0 Å². The Balaban J connectivity index is 1.86. The fraction of sp³-hybridized carbons (Fsp3) is 0.438. The van der Waals surface area contributed by atoms with Crippen LogP contribution in [0.4, 0.5) is 8.78 Å². The van der Waals surface area contributed by atoms with Gasteiger partial charge in [-0.3, -0.25) is 0 Å². The Morgan fingerprint density at radius 1 is 1.24 bits per heavy atom. The number of halogens is 2. The highest BCUT2D eigenvalue weighted by Crippen LogP contribution is 2.24. The van der Waals surface area contributed by atoms with Gasteiger partial charge in [0.1, 0.15) is 5.82 Å². The van der Waals surface area contributed by atoms with Crippen LogP contribution in [0.3, 0.4) is 0 Å². The third kappa shape index (κ3) is 2.70. The maximum atomic E-state index is 13.3. The number of fused-ring (bicyclic) bond motifs is 1. The summed E-state index contributed by atoms with van der Waals surface area (Å²) in [5, 5.41) is 0. The third-order valence-corrected chi connectivity index (χ3v) is 4.17. The highest BCUT2D eigenvalue weighted by Gasteiger charge is 2.20. The maximum absolute atomic E-state index is 13.3. The first-order chi connectivity index (χ1) is 10.1. The van der Waals surface area contributed by atoms with Crippen molar-refractivity contribution < 1.29 is 8.78 Å². The van der Waals surface area contributed by atoms with Crippen LogP contribution in [0, 0.1) is 18.6 Å². The molecule has 1 atom stereocenters. The molecule has 0 saturated carbocycles. The summed E-state index contributed by atoms with van der Waals surface area (Å²) in [6, 6.07) is 3.47. The number of nitrogens with zero attached hydrogens (tertiary/aromatic N) is 2. The third-order valence-electron chi connectivity index (χ3n) is 4.17. The van der Waals surface area contributed by atoms with E-state index >= 15 is 0 Å². The smallest absolute Gasteiger partial charge is 0.159 e. The molecule has 1 aliphatic carbocycles. The van der Waals surface area contributed by atoms with E-state index in [1.165, 1.54) is 24.6 Å². The second-order valence-electron chi connectivity index (χ2n) is 5.65. The van der Waals surface area contributed by atoms with E-state index in [1.54, 1.807) is 6.07 Å². The molecular formula is C16H19F2N3. The molecular weight excluding hydrogens is 272 g/mol. The first-order valence-electron chi connectivity index (χ1n) is 7.31. The Kier molecular flexibility index (Phi) is 3.76. The fourth-order valence-corrected chi connectivity index (χ4v) is 3.02. The molecule has 1 unspecified atom stereocenters. The summed E-state index contributed by atoms with van der Waals surface area (Å²) >= 11 is 0. The van der Waals surface area contributed by atoms with Crippen molar-refractivity contribution in [3.63, 3.8) is 0 Å². The first kappa shape index (κ1) is 14.2. The van der Waals surface area contributed by atoms with E-state index in [1.807, 2.05) is 6.92 Å². The first-order valence-corrected chi connectivity index (χ1v) is 7.31. The largest absolute Gasteiger partial charge is 0.330 e. The highest BCUT2D eigenvalue weighted by atomic mass is 19.2. The SMILES string of the molecule is Cc1nc2c(n1CC(N)c1ccc(F)c(F)c1)CCCC2. The van der Waals surface area contributed by atoms with Gasteiger partial charge >= 0.3 is 0 Å². The summed E-state index contributed by atoms with van der Waals surface area (Å²) in [4.78, 5) is 4.60. The summed E-state index contributed by atoms with van der Waals surface area (Å²) in [6.07, 6.45) is 4.38. The lowest BCUT2D eigenvalue weighted by atomic mass is 10.0. The minimum Gasteiger partial charge on any atom is -0.330 e. The van der Waals surface area contributed by atoms with Crippen LogP contribution in [0.15, 0.2) is 18.2 Å². The van der Waals surface area contributed by atoms with E-state index in [0.29, 0.717) is 12.1 Å². The van der Waals surface area contributed by atoms with Crippen LogP contribution in [0.5, 0.6) is 0 Å². The van der Waals surface area contributed by atoms with Gasteiger partial charge in [-0.2, -0.15) is 0 Å². The number of benzene rings is 1. The molecule has 5 heteroatoms. The van der Waals surface area contributed by atoms with Crippen LogP contribution in [-0.4, -0.2) is 9.55 Å². The van der Waals surface area contributed by atoms with E-state index in [0.717, 1.165) is 30.4 Å². The van der Waals surface area contributed by atoms with E-state index < -0.39 is 11.6 Å². The maximum Gasteiger partial charge on any atom is 0.159 e. The minimum absolute atomic E-state index is 0.376. The number of hydrogen-bond acceptors (Lipinski definition) is 2. The topological polar surface area (TPSA) is 43.8 Å². The lowest BCUT2D eigenvalue weighted by molar-refractivity contribution is 0.497. The predicted molar refractivity (Wildman–Crippen MR) is 76.9 cm³/mol. The molecule has 2 aromatic rings. The summed E-state index contributed by atoms with van der Waals surface area (Å²) in [6.45, 7) is 2.51. The van der Waals surface area contributed by atoms with Gasteiger partial charge in [-0.15, -0.1) is 0 Å². The van der Waals surface area contributed by atoms with E-state index in [9.17, 15) is 8.78 Å². The Morgan fingerprint density at radius 3 is 2.76 bits per heavy atom. The van der Waals surface area contributed by atoms with Crippen LogP contribution in [0.25, 0.3) is 0 Å².